The number of carbonyl (C=O) groups is 1. The lowest BCUT2D eigenvalue weighted by molar-refractivity contribution is -0.0366. The van der Waals surface area contributed by atoms with Gasteiger partial charge < -0.3 is 24.2 Å². The Balaban J connectivity index is 1.39. The average molecular weight is 494 g/mol. The second-order valence-electron chi connectivity index (χ2n) is 10.8. The second kappa shape index (κ2) is 9.65. The van der Waals surface area contributed by atoms with E-state index in [1.165, 1.54) is 0 Å². The molecule has 1 aliphatic heterocycles. The Morgan fingerprint density at radius 1 is 1.14 bits per heavy atom. The molecule has 36 heavy (non-hydrogen) atoms. The number of ether oxygens (including phenoxy) is 3. The highest BCUT2D eigenvalue weighted by atomic mass is 16.6. The molecule has 2 aliphatic rings. The number of phenols is 1. The predicted molar refractivity (Wildman–Crippen MR) is 137 cm³/mol. The largest absolute Gasteiger partial charge is 0.508 e. The van der Waals surface area contributed by atoms with Gasteiger partial charge in [-0.25, -0.2) is 9.48 Å². The second-order valence-corrected chi connectivity index (χ2v) is 10.8. The quantitative estimate of drug-likeness (QED) is 0.477. The van der Waals surface area contributed by atoms with E-state index in [1.807, 2.05) is 49.8 Å². The van der Waals surface area contributed by atoms with Crippen molar-refractivity contribution in [1.29, 1.82) is 0 Å². The number of benzene rings is 2. The highest BCUT2D eigenvalue weighted by molar-refractivity contribution is 5.90. The van der Waals surface area contributed by atoms with Gasteiger partial charge in [0.2, 0.25) is 0 Å². The Kier molecular flexibility index (Phi) is 6.55. The standard InChI is InChI=1S/C28H35N3O5/c1-28(2,3)36-27(33)30(4)20-15-22(16-20)35-25-14-19(18-8-10-21(32)11-9-18)13-24-23(25)17-29-31(24)26-7-5-6-12-34-26/h8-11,13-14,17,20,22,26,32H,5-7,12,15-16H2,1-4H3. The number of aromatic nitrogens is 2. The summed E-state index contributed by atoms with van der Waals surface area (Å²) in [6, 6.07) is 11.4. The Morgan fingerprint density at radius 3 is 2.56 bits per heavy atom. The SMILES string of the molecule is CN(C(=O)OC(C)(C)C)C1CC(Oc2cc(-c3ccc(O)cc3)cc3c2cnn3C2CCCCO2)C1. The molecule has 1 aromatic heterocycles. The zero-order chi connectivity index (χ0) is 25.4. The highest BCUT2D eigenvalue weighted by Crippen LogP contribution is 2.38. The summed E-state index contributed by atoms with van der Waals surface area (Å²) in [4.78, 5) is 14.1. The number of fused-ring (bicyclic) bond motifs is 1. The minimum Gasteiger partial charge on any atom is -0.508 e. The van der Waals surface area contributed by atoms with Gasteiger partial charge in [0.15, 0.2) is 6.23 Å². The van der Waals surface area contributed by atoms with Crippen LogP contribution in [-0.2, 0) is 9.47 Å². The van der Waals surface area contributed by atoms with Crippen LogP contribution in [0, 0.1) is 0 Å². The average Bonchev–Trinajstić information content (AvgIpc) is 3.25. The first kappa shape index (κ1) is 24.4. The highest BCUT2D eigenvalue weighted by Gasteiger charge is 2.37. The summed E-state index contributed by atoms with van der Waals surface area (Å²) in [6.45, 7) is 6.35. The fourth-order valence-corrected chi connectivity index (χ4v) is 4.79. The molecule has 2 heterocycles. The Morgan fingerprint density at radius 2 is 1.89 bits per heavy atom. The van der Waals surface area contributed by atoms with E-state index in [1.54, 1.807) is 24.1 Å². The van der Waals surface area contributed by atoms with Crippen LogP contribution in [0.25, 0.3) is 22.0 Å². The third-order valence-electron chi connectivity index (χ3n) is 6.90. The van der Waals surface area contributed by atoms with Crippen molar-refractivity contribution < 1.29 is 24.1 Å². The van der Waals surface area contributed by atoms with E-state index in [9.17, 15) is 9.90 Å². The molecular formula is C28H35N3O5. The van der Waals surface area contributed by atoms with Crippen molar-refractivity contribution in [2.24, 2.45) is 0 Å². The fourth-order valence-electron chi connectivity index (χ4n) is 4.79. The predicted octanol–water partition coefficient (Wildman–Crippen LogP) is 5.88. The van der Waals surface area contributed by atoms with Gasteiger partial charge in [-0.2, -0.15) is 5.10 Å². The van der Waals surface area contributed by atoms with E-state index in [4.69, 9.17) is 14.2 Å². The van der Waals surface area contributed by atoms with Crippen LogP contribution in [0.15, 0.2) is 42.6 Å². The van der Waals surface area contributed by atoms with Crippen LogP contribution < -0.4 is 4.74 Å². The molecule has 8 nitrogen and oxygen atoms in total. The van der Waals surface area contributed by atoms with E-state index in [-0.39, 0.29) is 30.2 Å². The third-order valence-corrected chi connectivity index (χ3v) is 6.90. The van der Waals surface area contributed by atoms with E-state index >= 15 is 0 Å². The van der Waals surface area contributed by atoms with Crippen molar-refractivity contribution in [2.45, 2.75) is 76.9 Å². The van der Waals surface area contributed by atoms with Gasteiger partial charge in [0.25, 0.3) is 0 Å². The van der Waals surface area contributed by atoms with Gasteiger partial charge in [-0.3, -0.25) is 0 Å². The van der Waals surface area contributed by atoms with Crippen molar-refractivity contribution in [3.8, 4) is 22.6 Å². The zero-order valence-electron chi connectivity index (χ0n) is 21.4. The van der Waals surface area contributed by atoms with Crippen molar-refractivity contribution in [2.75, 3.05) is 13.7 Å². The lowest BCUT2D eigenvalue weighted by Gasteiger charge is -2.41. The molecule has 0 spiro atoms. The Hall–Kier alpha value is -3.26. The number of hydrogen-bond acceptors (Lipinski definition) is 6. The molecule has 1 amide bonds. The molecule has 1 saturated heterocycles. The minimum absolute atomic E-state index is 0.00700. The molecule has 0 bridgehead atoms. The van der Waals surface area contributed by atoms with E-state index < -0.39 is 5.60 Å². The van der Waals surface area contributed by atoms with Crippen LogP contribution >= 0.6 is 0 Å². The third kappa shape index (κ3) is 5.14. The van der Waals surface area contributed by atoms with Crippen molar-refractivity contribution >= 4 is 17.0 Å². The van der Waals surface area contributed by atoms with Crippen LogP contribution in [-0.4, -0.2) is 57.3 Å². The van der Waals surface area contributed by atoms with Crippen molar-refractivity contribution in [3.63, 3.8) is 0 Å². The van der Waals surface area contributed by atoms with Crippen molar-refractivity contribution in [3.05, 3.63) is 42.6 Å². The van der Waals surface area contributed by atoms with Crippen molar-refractivity contribution in [1.82, 2.24) is 14.7 Å². The monoisotopic (exact) mass is 493 g/mol. The molecule has 3 aromatic rings. The normalized spacial score (nSPS) is 22.2. The lowest BCUT2D eigenvalue weighted by atomic mass is 9.88. The zero-order valence-corrected chi connectivity index (χ0v) is 21.4. The maximum atomic E-state index is 12.4. The van der Waals surface area contributed by atoms with Crippen LogP contribution in [0.4, 0.5) is 4.79 Å². The molecule has 2 aromatic carbocycles. The lowest BCUT2D eigenvalue weighted by Crippen LogP contribution is -2.51. The summed E-state index contributed by atoms with van der Waals surface area (Å²) in [7, 11) is 1.78. The summed E-state index contributed by atoms with van der Waals surface area (Å²) in [5.74, 6) is 0.993. The summed E-state index contributed by atoms with van der Waals surface area (Å²) in [5.41, 5.74) is 2.40. The summed E-state index contributed by atoms with van der Waals surface area (Å²) < 4.78 is 20.0. The summed E-state index contributed by atoms with van der Waals surface area (Å²) >= 11 is 0. The molecule has 1 saturated carbocycles. The van der Waals surface area contributed by atoms with Crippen LogP contribution in [0.5, 0.6) is 11.5 Å². The van der Waals surface area contributed by atoms with Crippen LogP contribution in [0.2, 0.25) is 0 Å². The first-order chi connectivity index (χ1) is 17.2. The Labute approximate surface area is 211 Å². The molecule has 1 atom stereocenters. The molecule has 1 unspecified atom stereocenters. The maximum absolute atomic E-state index is 12.4. The van der Waals surface area contributed by atoms with Gasteiger partial charge in [-0.15, -0.1) is 0 Å². The number of aromatic hydroxyl groups is 1. The molecule has 8 heteroatoms. The number of phenolic OH excluding ortho intramolecular Hbond substituents is 1. The van der Waals surface area contributed by atoms with Gasteiger partial charge in [0.05, 0.1) is 17.1 Å². The van der Waals surface area contributed by atoms with Gasteiger partial charge in [-0.05, 0) is 75.4 Å². The van der Waals surface area contributed by atoms with E-state index in [0.717, 1.165) is 66.5 Å². The minimum atomic E-state index is -0.520. The number of amides is 1. The van der Waals surface area contributed by atoms with Gasteiger partial charge in [0.1, 0.15) is 23.2 Å². The molecule has 5 rings (SSSR count). The smallest absolute Gasteiger partial charge is 0.410 e. The number of nitrogens with zero attached hydrogens (tertiary/aromatic N) is 3. The first-order valence-electron chi connectivity index (χ1n) is 12.7. The van der Waals surface area contributed by atoms with Crippen LogP contribution in [0.1, 0.15) is 59.1 Å². The van der Waals surface area contributed by atoms with E-state index in [2.05, 4.69) is 11.2 Å². The van der Waals surface area contributed by atoms with Gasteiger partial charge in [-0.1, -0.05) is 12.1 Å². The molecule has 1 N–H and O–H groups in total. The van der Waals surface area contributed by atoms with Gasteiger partial charge in [0, 0.05) is 32.5 Å². The van der Waals surface area contributed by atoms with Crippen LogP contribution in [0.3, 0.4) is 0 Å². The van der Waals surface area contributed by atoms with E-state index in [0.29, 0.717) is 0 Å². The number of carbonyl (C=O) groups excluding carboxylic acids is 1. The molecule has 192 valence electrons. The summed E-state index contributed by atoms with van der Waals surface area (Å²) in [6.07, 6.45) is 6.04. The Bertz CT molecular complexity index is 1220. The first-order valence-corrected chi connectivity index (χ1v) is 12.7. The molecular weight excluding hydrogens is 458 g/mol. The molecule has 2 fully saturated rings. The molecule has 0 radical (unpaired) electrons. The van der Waals surface area contributed by atoms with Gasteiger partial charge >= 0.3 is 6.09 Å². The fraction of sp³-hybridized carbons (Fsp3) is 0.500. The summed E-state index contributed by atoms with van der Waals surface area (Å²) in [5, 5.41) is 15.4. The number of rotatable bonds is 5. The topological polar surface area (TPSA) is 86.0 Å². The number of hydrogen-bond donors (Lipinski definition) is 1. The maximum Gasteiger partial charge on any atom is 0.410 e. The molecule has 1 aliphatic carbocycles.